The predicted octanol–water partition coefficient (Wildman–Crippen LogP) is 5.97. The third-order valence-electron chi connectivity index (χ3n) is 3.94. The molecule has 0 fully saturated rings. The second-order valence-corrected chi connectivity index (χ2v) is 5.60. The Labute approximate surface area is 134 Å². The smallest absolute Gasteiger partial charge is 0.248 e. The lowest BCUT2D eigenvalue weighted by molar-refractivity contribution is 0.151. The molecule has 1 aromatic heterocycles. The normalized spacial score (nSPS) is 11.0. The predicted molar refractivity (Wildman–Crippen MR) is 89.5 cm³/mol. The number of hydrogen-bond donors (Lipinski definition) is 0. The van der Waals surface area contributed by atoms with Gasteiger partial charge in [-0.05, 0) is 37.1 Å². The summed E-state index contributed by atoms with van der Waals surface area (Å²) in [6.07, 6.45) is -2.52. The fourth-order valence-corrected chi connectivity index (χ4v) is 2.67. The molecule has 3 rings (SSSR count). The summed E-state index contributed by atoms with van der Waals surface area (Å²) in [6, 6.07) is 18.3. The van der Waals surface area contributed by atoms with Crippen LogP contribution in [0.2, 0.25) is 0 Å². The van der Waals surface area contributed by atoms with Crippen LogP contribution < -0.4 is 0 Å². The highest BCUT2D eigenvalue weighted by molar-refractivity contribution is 5.71. The summed E-state index contributed by atoms with van der Waals surface area (Å²) in [6.45, 7) is 3.92. The Morgan fingerprint density at radius 1 is 0.739 bits per heavy atom. The van der Waals surface area contributed by atoms with Gasteiger partial charge >= 0.3 is 0 Å². The monoisotopic (exact) mass is 309 g/mol. The van der Waals surface area contributed by atoms with E-state index in [1.807, 2.05) is 62.4 Å². The highest BCUT2D eigenvalue weighted by atomic mass is 19.3. The van der Waals surface area contributed by atoms with Gasteiger partial charge in [-0.25, -0.2) is 13.8 Å². The molecule has 0 saturated carbocycles. The Hall–Kier alpha value is -2.55. The number of rotatable bonds is 3. The SMILES string of the molecule is Cc1ccccc1-c1cc(C(F)F)cc(-c2ccccc2C)n1. The third kappa shape index (κ3) is 3.14. The molecule has 23 heavy (non-hydrogen) atoms. The van der Waals surface area contributed by atoms with E-state index in [9.17, 15) is 8.78 Å². The molecule has 0 spiro atoms. The zero-order valence-corrected chi connectivity index (χ0v) is 13.1. The molecule has 0 radical (unpaired) electrons. The molecule has 3 aromatic rings. The van der Waals surface area contributed by atoms with Crippen LogP contribution in [-0.4, -0.2) is 4.98 Å². The van der Waals surface area contributed by atoms with Crippen molar-refractivity contribution in [2.24, 2.45) is 0 Å². The Kier molecular flexibility index (Phi) is 4.20. The van der Waals surface area contributed by atoms with Crippen molar-refractivity contribution in [2.45, 2.75) is 20.3 Å². The van der Waals surface area contributed by atoms with Crippen molar-refractivity contribution in [3.63, 3.8) is 0 Å². The second-order valence-electron chi connectivity index (χ2n) is 5.60. The summed E-state index contributed by atoms with van der Waals surface area (Å²) in [7, 11) is 0. The molecular formula is C20H17F2N. The summed E-state index contributed by atoms with van der Waals surface area (Å²) >= 11 is 0. The van der Waals surface area contributed by atoms with Crippen molar-refractivity contribution < 1.29 is 8.78 Å². The molecule has 0 atom stereocenters. The maximum absolute atomic E-state index is 13.3. The minimum Gasteiger partial charge on any atom is -0.248 e. The van der Waals surface area contributed by atoms with Gasteiger partial charge in [-0.1, -0.05) is 48.5 Å². The van der Waals surface area contributed by atoms with Crippen LogP contribution in [0.15, 0.2) is 60.7 Å². The zero-order valence-electron chi connectivity index (χ0n) is 13.1. The van der Waals surface area contributed by atoms with E-state index in [0.717, 1.165) is 22.3 Å². The molecule has 0 amide bonds. The van der Waals surface area contributed by atoms with Gasteiger partial charge in [0.2, 0.25) is 0 Å². The second kappa shape index (κ2) is 6.29. The van der Waals surface area contributed by atoms with Crippen molar-refractivity contribution in [3.8, 4) is 22.5 Å². The molecule has 0 unspecified atom stereocenters. The molecule has 0 bridgehead atoms. The van der Waals surface area contributed by atoms with Crippen molar-refractivity contribution >= 4 is 0 Å². The lowest BCUT2D eigenvalue weighted by Gasteiger charge is -2.12. The van der Waals surface area contributed by atoms with Crippen LogP contribution in [0.4, 0.5) is 8.78 Å². The first-order valence-electron chi connectivity index (χ1n) is 7.48. The summed E-state index contributed by atoms with van der Waals surface area (Å²) in [5.74, 6) is 0. The Morgan fingerprint density at radius 3 is 1.57 bits per heavy atom. The highest BCUT2D eigenvalue weighted by Crippen LogP contribution is 2.31. The molecule has 3 heteroatoms. The summed E-state index contributed by atoms with van der Waals surface area (Å²) < 4.78 is 26.7. The van der Waals surface area contributed by atoms with E-state index >= 15 is 0 Å². The molecule has 0 aliphatic heterocycles. The maximum Gasteiger partial charge on any atom is 0.264 e. The van der Waals surface area contributed by atoms with E-state index in [1.165, 1.54) is 12.1 Å². The molecule has 1 heterocycles. The first kappa shape index (κ1) is 15.3. The summed E-state index contributed by atoms with van der Waals surface area (Å²) in [5, 5.41) is 0. The molecule has 0 aliphatic carbocycles. The quantitative estimate of drug-likeness (QED) is 0.581. The number of aryl methyl sites for hydroxylation is 2. The topological polar surface area (TPSA) is 12.9 Å². The van der Waals surface area contributed by atoms with E-state index in [2.05, 4.69) is 4.98 Å². The van der Waals surface area contributed by atoms with Gasteiger partial charge in [0, 0.05) is 16.7 Å². The van der Waals surface area contributed by atoms with Crippen LogP contribution in [-0.2, 0) is 0 Å². The van der Waals surface area contributed by atoms with Crippen LogP contribution in [0.25, 0.3) is 22.5 Å². The van der Waals surface area contributed by atoms with Crippen LogP contribution in [0, 0.1) is 13.8 Å². The third-order valence-corrected chi connectivity index (χ3v) is 3.94. The van der Waals surface area contributed by atoms with Gasteiger partial charge in [-0.2, -0.15) is 0 Å². The summed E-state index contributed by atoms with van der Waals surface area (Å²) in [5.41, 5.74) is 4.95. The van der Waals surface area contributed by atoms with Crippen LogP contribution in [0.1, 0.15) is 23.1 Å². The first-order valence-corrected chi connectivity index (χ1v) is 7.48. The molecule has 116 valence electrons. The molecule has 2 aromatic carbocycles. The van der Waals surface area contributed by atoms with Crippen LogP contribution >= 0.6 is 0 Å². The lowest BCUT2D eigenvalue weighted by atomic mass is 10.00. The standard InChI is InChI=1S/C20H17F2N/c1-13-7-3-5-9-16(13)18-11-15(20(21)22)12-19(23-18)17-10-6-4-8-14(17)2/h3-12,20H,1-2H3. The van der Waals surface area contributed by atoms with E-state index in [1.54, 1.807) is 0 Å². The zero-order chi connectivity index (χ0) is 16.4. The average molecular weight is 309 g/mol. The Bertz CT molecular complexity index is 777. The van der Waals surface area contributed by atoms with Crippen molar-refractivity contribution in [3.05, 3.63) is 77.4 Å². The van der Waals surface area contributed by atoms with Gasteiger partial charge in [-0.3, -0.25) is 0 Å². The van der Waals surface area contributed by atoms with Gasteiger partial charge < -0.3 is 0 Å². The molecule has 0 aliphatic rings. The number of pyridine rings is 1. The largest absolute Gasteiger partial charge is 0.264 e. The van der Waals surface area contributed by atoms with E-state index < -0.39 is 6.43 Å². The Balaban J connectivity index is 2.23. The van der Waals surface area contributed by atoms with E-state index in [0.29, 0.717) is 11.4 Å². The van der Waals surface area contributed by atoms with E-state index in [4.69, 9.17) is 0 Å². The number of aromatic nitrogens is 1. The van der Waals surface area contributed by atoms with Crippen LogP contribution in [0.3, 0.4) is 0 Å². The lowest BCUT2D eigenvalue weighted by Crippen LogP contribution is -1.96. The fraction of sp³-hybridized carbons (Fsp3) is 0.150. The molecule has 0 saturated heterocycles. The van der Waals surface area contributed by atoms with Crippen molar-refractivity contribution in [1.29, 1.82) is 0 Å². The summed E-state index contributed by atoms with van der Waals surface area (Å²) in [4.78, 5) is 4.64. The van der Waals surface area contributed by atoms with Crippen molar-refractivity contribution in [2.75, 3.05) is 0 Å². The number of benzene rings is 2. The molecule has 1 nitrogen and oxygen atoms in total. The van der Waals surface area contributed by atoms with Gasteiger partial charge in [-0.15, -0.1) is 0 Å². The molecule has 0 N–H and O–H groups in total. The van der Waals surface area contributed by atoms with Gasteiger partial charge in [0.25, 0.3) is 6.43 Å². The van der Waals surface area contributed by atoms with Crippen molar-refractivity contribution in [1.82, 2.24) is 4.98 Å². The van der Waals surface area contributed by atoms with E-state index in [-0.39, 0.29) is 5.56 Å². The fourth-order valence-electron chi connectivity index (χ4n) is 2.67. The van der Waals surface area contributed by atoms with Gasteiger partial charge in [0.05, 0.1) is 11.4 Å². The van der Waals surface area contributed by atoms with Gasteiger partial charge in [0.1, 0.15) is 0 Å². The minimum absolute atomic E-state index is 0.00324. The first-order chi connectivity index (χ1) is 11.1. The average Bonchev–Trinajstić information content (AvgIpc) is 2.55. The minimum atomic E-state index is -2.52. The number of hydrogen-bond acceptors (Lipinski definition) is 1. The number of halogens is 2. The number of alkyl halides is 2. The van der Waals surface area contributed by atoms with Crippen LogP contribution in [0.5, 0.6) is 0 Å². The Morgan fingerprint density at radius 2 is 1.17 bits per heavy atom. The van der Waals surface area contributed by atoms with Gasteiger partial charge in [0.15, 0.2) is 0 Å². The maximum atomic E-state index is 13.3. The highest BCUT2D eigenvalue weighted by Gasteiger charge is 2.14. The number of nitrogens with zero attached hydrogens (tertiary/aromatic N) is 1. The molecular weight excluding hydrogens is 292 g/mol.